The average molecular weight is 335 g/mol. The molecule has 0 amide bonds. The predicted molar refractivity (Wildman–Crippen MR) is 89.4 cm³/mol. The molecule has 0 aliphatic heterocycles. The number of non-ortho nitro benzene ring substituents is 1. The van der Waals surface area contributed by atoms with Crippen LogP contribution in [-0.4, -0.2) is 18.6 Å². The van der Waals surface area contributed by atoms with Gasteiger partial charge >= 0.3 is 0 Å². The molecule has 0 fully saturated rings. The summed E-state index contributed by atoms with van der Waals surface area (Å²) in [5, 5.41) is 22.4. The quantitative estimate of drug-likeness (QED) is 0.452. The number of ether oxygens (including phenoxy) is 1. The highest BCUT2D eigenvalue weighted by molar-refractivity contribution is 6.33. The highest BCUT2D eigenvalue weighted by atomic mass is 35.5. The van der Waals surface area contributed by atoms with Crippen molar-refractivity contribution in [1.82, 2.24) is 0 Å². The van der Waals surface area contributed by atoms with Crippen LogP contribution in [0.4, 0.5) is 22.7 Å². The van der Waals surface area contributed by atoms with E-state index in [0.29, 0.717) is 22.1 Å². The lowest BCUT2D eigenvalue weighted by Crippen LogP contribution is -1.97. The molecule has 120 valence electrons. The first-order valence-corrected chi connectivity index (χ1v) is 7.20. The number of nitrogens with one attached hydrogen (secondary N) is 1. The van der Waals surface area contributed by atoms with Crippen LogP contribution < -0.4 is 10.1 Å². The van der Waals surface area contributed by atoms with E-state index in [2.05, 4.69) is 15.5 Å². The molecule has 8 heteroatoms. The zero-order chi connectivity index (χ0) is 16.8. The second-order valence-corrected chi connectivity index (χ2v) is 4.91. The third-order valence-corrected chi connectivity index (χ3v) is 3.28. The molecule has 0 aromatic heterocycles. The van der Waals surface area contributed by atoms with Crippen molar-refractivity contribution in [2.24, 2.45) is 10.2 Å². The minimum absolute atomic E-state index is 0.000400. The van der Waals surface area contributed by atoms with Gasteiger partial charge in [-0.25, -0.2) is 0 Å². The van der Waals surface area contributed by atoms with Gasteiger partial charge in [-0.2, -0.15) is 5.11 Å². The molecule has 0 atom stereocenters. The van der Waals surface area contributed by atoms with E-state index in [0.717, 1.165) is 12.2 Å². The number of rotatable bonds is 6. The highest BCUT2D eigenvalue weighted by Gasteiger charge is 2.09. The first-order chi connectivity index (χ1) is 11.0. The molecule has 0 bridgehead atoms. The van der Waals surface area contributed by atoms with Gasteiger partial charge < -0.3 is 10.1 Å². The third-order valence-electron chi connectivity index (χ3n) is 2.97. The Morgan fingerprint density at radius 2 is 1.96 bits per heavy atom. The molecule has 0 saturated heterocycles. The molecular weight excluding hydrogens is 320 g/mol. The number of nitro benzene ring substituents is 1. The Balaban J connectivity index is 2.27. The zero-order valence-corrected chi connectivity index (χ0v) is 13.4. The van der Waals surface area contributed by atoms with Crippen LogP contribution in [0.15, 0.2) is 46.6 Å². The molecule has 7 nitrogen and oxygen atoms in total. The molecule has 0 spiro atoms. The molecule has 0 aliphatic carbocycles. The summed E-state index contributed by atoms with van der Waals surface area (Å²) < 4.78 is 5.28. The van der Waals surface area contributed by atoms with Crippen LogP contribution in [0.1, 0.15) is 6.92 Å². The molecule has 1 N–H and O–H groups in total. The number of hydrogen-bond donors (Lipinski definition) is 1. The summed E-state index contributed by atoms with van der Waals surface area (Å²) in [6.45, 7) is 2.69. The highest BCUT2D eigenvalue weighted by Crippen LogP contribution is 2.37. The normalized spacial score (nSPS) is 10.7. The molecule has 0 aliphatic rings. The van der Waals surface area contributed by atoms with E-state index >= 15 is 0 Å². The molecule has 0 heterocycles. The second kappa shape index (κ2) is 7.55. The van der Waals surface area contributed by atoms with Crippen molar-refractivity contribution in [3.05, 3.63) is 51.5 Å². The van der Waals surface area contributed by atoms with Gasteiger partial charge in [0.25, 0.3) is 5.69 Å². The summed E-state index contributed by atoms with van der Waals surface area (Å²) in [7, 11) is 1.53. The van der Waals surface area contributed by atoms with Gasteiger partial charge in [-0.05, 0) is 25.1 Å². The fourth-order valence-corrected chi connectivity index (χ4v) is 2.09. The molecule has 0 unspecified atom stereocenters. The summed E-state index contributed by atoms with van der Waals surface area (Å²) in [5.74, 6) is 0.524. The van der Waals surface area contributed by atoms with Gasteiger partial charge in [0.15, 0.2) is 0 Å². The minimum atomic E-state index is -0.469. The molecule has 23 heavy (non-hydrogen) atoms. The van der Waals surface area contributed by atoms with Crippen molar-refractivity contribution in [3.63, 3.8) is 0 Å². The fourth-order valence-electron chi connectivity index (χ4n) is 1.86. The Morgan fingerprint density at radius 3 is 2.52 bits per heavy atom. The lowest BCUT2D eigenvalue weighted by Gasteiger charge is -2.10. The van der Waals surface area contributed by atoms with Gasteiger partial charge in [0.1, 0.15) is 11.4 Å². The number of halogens is 1. The number of hydrogen-bond acceptors (Lipinski definition) is 6. The largest absolute Gasteiger partial charge is 0.494 e. The van der Waals surface area contributed by atoms with Crippen molar-refractivity contribution in [2.45, 2.75) is 6.92 Å². The van der Waals surface area contributed by atoms with Gasteiger partial charge in [-0.3, -0.25) is 10.1 Å². The lowest BCUT2D eigenvalue weighted by atomic mass is 10.2. The summed E-state index contributed by atoms with van der Waals surface area (Å²) in [4.78, 5) is 10.1. The van der Waals surface area contributed by atoms with Gasteiger partial charge in [-0.1, -0.05) is 11.6 Å². The van der Waals surface area contributed by atoms with Crippen molar-refractivity contribution in [3.8, 4) is 5.75 Å². The maximum absolute atomic E-state index is 10.6. The SMILES string of the molecule is CCNc1cc(OC)c(N=Nc2ccc([N+](=O)[O-])cc2)cc1Cl. The van der Waals surface area contributed by atoms with Crippen LogP contribution in [0.2, 0.25) is 5.02 Å². The monoisotopic (exact) mass is 334 g/mol. The van der Waals surface area contributed by atoms with Crippen LogP contribution in [0.5, 0.6) is 5.75 Å². The Hall–Kier alpha value is -2.67. The number of benzene rings is 2. The molecule has 0 radical (unpaired) electrons. The maximum atomic E-state index is 10.6. The van der Waals surface area contributed by atoms with E-state index < -0.39 is 4.92 Å². The number of azo groups is 1. The van der Waals surface area contributed by atoms with E-state index in [1.807, 2.05) is 6.92 Å². The standard InChI is InChI=1S/C15H15ClN4O3/c1-3-17-13-9-15(23-2)14(8-12(13)16)19-18-10-4-6-11(7-5-10)20(21)22/h4-9,17H,3H2,1-2H3. The van der Waals surface area contributed by atoms with Crippen LogP contribution in [-0.2, 0) is 0 Å². The van der Waals surface area contributed by atoms with Crippen molar-refractivity contribution >= 4 is 34.4 Å². The molecule has 0 saturated carbocycles. The lowest BCUT2D eigenvalue weighted by molar-refractivity contribution is -0.384. The second-order valence-electron chi connectivity index (χ2n) is 4.51. The van der Waals surface area contributed by atoms with E-state index in [-0.39, 0.29) is 5.69 Å². The summed E-state index contributed by atoms with van der Waals surface area (Å²) in [6.07, 6.45) is 0. The Morgan fingerprint density at radius 1 is 1.26 bits per heavy atom. The van der Waals surface area contributed by atoms with Gasteiger partial charge in [0.05, 0.1) is 28.4 Å². The van der Waals surface area contributed by atoms with Gasteiger partial charge in [-0.15, -0.1) is 5.11 Å². The van der Waals surface area contributed by atoms with Crippen LogP contribution in [0, 0.1) is 10.1 Å². The van der Waals surface area contributed by atoms with Crippen LogP contribution in [0.3, 0.4) is 0 Å². The van der Waals surface area contributed by atoms with E-state index in [9.17, 15) is 10.1 Å². The smallest absolute Gasteiger partial charge is 0.269 e. The van der Waals surface area contributed by atoms with E-state index in [1.54, 1.807) is 12.1 Å². The van der Waals surface area contributed by atoms with Crippen molar-refractivity contribution < 1.29 is 9.66 Å². The molecule has 2 aromatic carbocycles. The first kappa shape index (κ1) is 16.7. The molecule has 2 aromatic rings. The number of nitro groups is 1. The van der Waals surface area contributed by atoms with Crippen LogP contribution in [0.25, 0.3) is 0 Å². The number of nitrogens with zero attached hydrogens (tertiary/aromatic N) is 3. The van der Waals surface area contributed by atoms with Crippen molar-refractivity contribution in [2.75, 3.05) is 19.0 Å². The molecular formula is C15H15ClN4O3. The average Bonchev–Trinajstić information content (AvgIpc) is 2.55. The maximum Gasteiger partial charge on any atom is 0.269 e. The summed E-state index contributed by atoms with van der Waals surface area (Å²) in [6, 6.07) is 9.16. The first-order valence-electron chi connectivity index (χ1n) is 6.82. The van der Waals surface area contributed by atoms with E-state index in [4.69, 9.17) is 16.3 Å². The summed E-state index contributed by atoms with van der Waals surface area (Å²) >= 11 is 6.18. The Kier molecular flexibility index (Phi) is 5.48. The fraction of sp³-hybridized carbons (Fsp3) is 0.200. The predicted octanol–water partition coefficient (Wildman–Crippen LogP) is 5.10. The number of anilines is 1. The van der Waals surface area contributed by atoms with Crippen molar-refractivity contribution in [1.29, 1.82) is 0 Å². The minimum Gasteiger partial charge on any atom is -0.494 e. The van der Waals surface area contributed by atoms with Gasteiger partial charge in [0, 0.05) is 24.7 Å². The molecule has 2 rings (SSSR count). The van der Waals surface area contributed by atoms with Crippen LogP contribution >= 0.6 is 11.6 Å². The summed E-state index contributed by atoms with van der Waals surface area (Å²) in [5.41, 5.74) is 1.71. The van der Waals surface area contributed by atoms with E-state index in [1.165, 1.54) is 31.4 Å². The number of methoxy groups -OCH3 is 1. The Bertz CT molecular complexity index is 732. The third kappa shape index (κ3) is 4.17. The zero-order valence-electron chi connectivity index (χ0n) is 12.6. The topological polar surface area (TPSA) is 89.1 Å². The van der Waals surface area contributed by atoms with Gasteiger partial charge in [0.2, 0.25) is 0 Å². The Labute approximate surface area is 138 Å².